The third kappa shape index (κ3) is 3.24. The minimum absolute atomic E-state index is 0.0150. The Morgan fingerprint density at radius 1 is 1.27 bits per heavy atom. The minimum Gasteiger partial charge on any atom is -0.338 e. The smallest absolute Gasteiger partial charge is 0.318 e. The molecule has 1 aliphatic heterocycles. The fourth-order valence-corrected chi connectivity index (χ4v) is 2.79. The van der Waals surface area contributed by atoms with Crippen LogP contribution >= 0.6 is 0 Å². The van der Waals surface area contributed by atoms with Crippen LogP contribution in [-0.2, 0) is 11.2 Å². The van der Waals surface area contributed by atoms with Crippen LogP contribution in [0.5, 0.6) is 0 Å². The number of nitrogens with one attached hydrogen (secondary N) is 1. The summed E-state index contributed by atoms with van der Waals surface area (Å²) in [5.74, 6) is -0.0150. The van der Waals surface area contributed by atoms with Crippen molar-refractivity contribution in [3.8, 4) is 0 Å². The summed E-state index contributed by atoms with van der Waals surface area (Å²) in [6.45, 7) is 7.63. The van der Waals surface area contributed by atoms with Crippen molar-refractivity contribution in [3.63, 3.8) is 0 Å². The standard InChI is InChI=1S/C17H25N3O2/c1-4-10-18-17(22)19-11-12-20(16(21)13(19)3)15-9-7-6-8-14(15)5-2/h6-9,13H,4-5,10-12H2,1-3H3,(H,18,22). The molecule has 0 saturated carbocycles. The maximum Gasteiger partial charge on any atom is 0.318 e. The van der Waals surface area contributed by atoms with Gasteiger partial charge in [-0.25, -0.2) is 4.79 Å². The van der Waals surface area contributed by atoms with Gasteiger partial charge in [-0.3, -0.25) is 4.79 Å². The fourth-order valence-electron chi connectivity index (χ4n) is 2.79. The lowest BCUT2D eigenvalue weighted by Crippen LogP contribution is -2.60. The number of hydrogen-bond acceptors (Lipinski definition) is 2. The Hall–Kier alpha value is -2.04. The number of rotatable bonds is 4. The number of amides is 3. The molecule has 5 heteroatoms. The highest BCUT2D eigenvalue weighted by molar-refractivity contribution is 6.00. The molecule has 0 aromatic heterocycles. The first-order chi connectivity index (χ1) is 10.6. The van der Waals surface area contributed by atoms with Gasteiger partial charge in [0, 0.05) is 25.3 Å². The predicted octanol–water partition coefficient (Wildman–Crippen LogP) is 2.41. The van der Waals surface area contributed by atoms with Gasteiger partial charge >= 0.3 is 6.03 Å². The van der Waals surface area contributed by atoms with Gasteiger partial charge in [-0.1, -0.05) is 32.0 Å². The van der Waals surface area contributed by atoms with Crippen LogP contribution in [0.25, 0.3) is 0 Å². The van der Waals surface area contributed by atoms with Gasteiger partial charge in [0.15, 0.2) is 0 Å². The monoisotopic (exact) mass is 303 g/mol. The Morgan fingerprint density at radius 2 is 2.00 bits per heavy atom. The molecule has 1 heterocycles. The van der Waals surface area contributed by atoms with E-state index in [9.17, 15) is 9.59 Å². The molecule has 5 nitrogen and oxygen atoms in total. The molecule has 120 valence electrons. The molecule has 0 spiro atoms. The van der Waals surface area contributed by atoms with Crippen molar-refractivity contribution in [1.29, 1.82) is 0 Å². The highest BCUT2D eigenvalue weighted by Gasteiger charge is 2.35. The normalized spacial score (nSPS) is 18.5. The Bertz CT molecular complexity index is 544. The summed E-state index contributed by atoms with van der Waals surface area (Å²) in [5, 5.41) is 2.85. The van der Waals surface area contributed by atoms with E-state index in [-0.39, 0.29) is 11.9 Å². The molecule has 0 radical (unpaired) electrons. The van der Waals surface area contributed by atoms with Crippen molar-refractivity contribution in [2.45, 2.75) is 39.7 Å². The Morgan fingerprint density at radius 3 is 2.68 bits per heavy atom. The lowest BCUT2D eigenvalue weighted by Gasteiger charge is -2.39. The van der Waals surface area contributed by atoms with Gasteiger partial charge in [-0.05, 0) is 31.4 Å². The van der Waals surface area contributed by atoms with E-state index in [1.54, 1.807) is 11.8 Å². The van der Waals surface area contributed by atoms with Gasteiger partial charge in [0.2, 0.25) is 5.91 Å². The van der Waals surface area contributed by atoms with E-state index in [4.69, 9.17) is 0 Å². The van der Waals surface area contributed by atoms with Crippen molar-refractivity contribution >= 4 is 17.6 Å². The Kier molecular flexibility index (Phi) is 5.41. The van der Waals surface area contributed by atoms with E-state index < -0.39 is 6.04 Å². The number of carbonyl (C=O) groups is 2. The molecule has 22 heavy (non-hydrogen) atoms. The fraction of sp³-hybridized carbons (Fsp3) is 0.529. The van der Waals surface area contributed by atoms with Gasteiger partial charge in [-0.2, -0.15) is 0 Å². The third-order valence-electron chi connectivity index (χ3n) is 4.11. The van der Waals surface area contributed by atoms with Crippen molar-refractivity contribution in [1.82, 2.24) is 10.2 Å². The van der Waals surface area contributed by atoms with Crippen LogP contribution in [0.3, 0.4) is 0 Å². The van der Waals surface area contributed by atoms with Crippen LogP contribution < -0.4 is 10.2 Å². The van der Waals surface area contributed by atoms with E-state index in [1.807, 2.05) is 36.1 Å². The average molecular weight is 303 g/mol. The van der Waals surface area contributed by atoms with Gasteiger partial charge in [0.05, 0.1) is 0 Å². The zero-order chi connectivity index (χ0) is 16.1. The molecule has 0 bridgehead atoms. The second kappa shape index (κ2) is 7.29. The van der Waals surface area contributed by atoms with E-state index in [2.05, 4.69) is 12.2 Å². The highest BCUT2D eigenvalue weighted by Crippen LogP contribution is 2.24. The molecular formula is C17H25N3O2. The van der Waals surface area contributed by atoms with Crippen LogP contribution in [-0.4, -0.2) is 42.5 Å². The van der Waals surface area contributed by atoms with Crippen molar-refractivity contribution in [2.75, 3.05) is 24.5 Å². The topological polar surface area (TPSA) is 52.7 Å². The number of urea groups is 1. The Balaban J connectivity index is 2.14. The maximum absolute atomic E-state index is 12.7. The van der Waals surface area contributed by atoms with Crippen LogP contribution in [0, 0.1) is 0 Å². The van der Waals surface area contributed by atoms with Crippen LogP contribution in [0.15, 0.2) is 24.3 Å². The summed E-state index contributed by atoms with van der Waals surface area (Å²) in [6.07, 6.45) is 1.77. The molecule has 0 aliphatic carbocycles. The second-order valence-corrected chi connectivity index (χ2v) is 5.57. The number of benzene rings is 1. The van der Waals surface area contributed by atoms with Crippen LogP contribution in [0.1, 0.15) is 32.8 Å². The van der Waals surface area contributed by atoms with E-state index in [1.165, 1.54) is 0 Å². The molecular weight excluding hydrogens is 278 g/mol. The number of para-hydroxylation sites is 1. The highest BCUT2D eigenvalue weighted by atomic mass is 16.2. The second-order valence-electron chi connectivity index (χ2n) is 5.57. The summed E-state index contributed by atoms with van der Waals surface area (Å²) in [4.78, 5) is 28.3. The summed E-state index contributed by atoms with van der Waals surface area (Å²) in [6, 6.07) is 7.39. The molecule has 2 rings (SSSR count). The molecule has 1 fully saturated rings. The number of carbonyl (C=O) groups excluding carboxylic acids is 2. The van der Waals surface area contributed by atoms with Crippen LogP contribution in [0.2, 0.25) is 0 Å². The van der Waals surface area contributed by atoms with Gasteiger partial charge < -0.3 is 15.1 Å². The van der Waals surface area contributed by atoms with Gasteiger partial charge in [0.1, 0.15) is 6.04 Å². The average Bonchev–Trinajstić information content (AvgIpc) is 2.55. The van der Waals surface area contributed by atoms with Crippen molar-refractivity contribution in [3.05, 3.63) is 29.8 Å². The molecule has 1 aromatic carbocycles. The largest absolute Gasteiger partial charge is 0.338 e. The Labute approximate surface area is 132 Å². The first-order valence-corrected chi connectivity index (χ1v) is 8.03. The number of anilines is 1. The quantitative estimate of drug-likeness (QED) is 0.928. The zero-order valence-corrected chi connectivity index (χ0v) is 13.6. The zero-order valence-electron chi connectivity index (χ0n) is 13.6. The summed E-state index contributed by atoms with van der Waals surface area (Å²) in [7, 11) is 0. The first-order valence-electron chi connectivity index (χ1n) is 8.03. The molecule has 1 aromatic rings. The number of hydrogen-bond donors (Lipinski definition) is 1. The maximum atomic E-state index is 12.7. The number of nitrogens with zero attached hydrogens (tertiary/aromatic N) is 2. The third-order valence-corrected chi connectivity index (χ3v) is 4.11. The molecule has 1 aliphatic rings. The SMILES string of the molecule is CCCNC(=O)N1CCN(c2ccccc2CC)C(=O)C1C. The molecule has 1 N–H and O–H groups in total. The van der Waals surface area contributed by atoms with E-state index in [0.717, 1.165) is 24.1 Å². The summed E-state index contributed by atoms with van der Waals surface area (Å²) >= 11 is 0. The molecule has 1 unspecified atom stereocenters. The first kappa shape index (κ1) is 16.3. The van der Waals surface area contributed by atoms with E-state index in [0.29, 0.717) is 19.6 Å². The number of piperazine rings is 1. The van der Waals surface area contributed by atoms with Crippen LogP contribution in [0.4, 0.5) is 10.5 Å². The molecule has 1 saturated heterocycles. The predicted molar refractivity (Wildman–Crippen MR) is 88.0 cm³/mol. The van der Waals surface area contributed by atoms with Gasteiger partial charge in [-0.15, -0.1) is 0 Å². The molecule has 1 atom stereocenters. The van der Waals surface area contributed by atoms with Crippen molar-refractivity contribution in [2.24, 2.45) is 0 Å². The minimum atomic E-state index is -0.435. The van der Waals surface area contributed by atoms with Crippen molar-refractivity contribution < 1.29 is 9.59 Å². The summed E-state index contributed by atoms with van der Waals surface area (Å²) < 4.78 is 0. The van der Waals surface area contributed by atoms with E-state index >= 15 is 0 Å². The summed E-state index contributed by atoms with van der Waals surface area (Å²) in [5.41, 5.74) is 2.13. The number of aryl methyl sites for hydroxylation is 1. The lowest BCUT2D eigenvalue weighted by atomic mass is 10.1. The van der Waals surface area contributed by atoms with Gasteiger partial charge in [0.25, 0.3) is 0 Å². The molecule has 3 amide bonds. The lowest BCUT2D eigenvalue weighted by molar-refractivity contribution is -0.124.